The van der Waals surface area contributed by atoms with Crippen molar-refractivity contribution in [3.8, 4) is 11.5 Å². The first-order chi connectivity index (χ1) is 28.1. The van der Waals surface area contributed by atoms with Crippen LogP contribution in [-0.2, 0) is 22.4 Å². The highest BCUT2D eigenvalue weighted by Crippen LogP contribution is 2.39. The quantitative estimate of drug-likeness (QED) is 0.0486. The summed E-state index contributed by atoms with van der Waals surface area (Å²) in [6, 6.07) is 0. The van der Waals surface area contributed by atoms with Crippen molar-refractivity contribution in [2.24, 2.45) is 0 Å². The molecule has 0 amide bonds. The lowest BCUT2D eigenvalue weighted by Gasteiger charge is -2.09. The number of carbonyl (C=O) groups excluding carboxylic acids is 2. The fraction of sp³-hybridized carbons (Fsp3) is 0.885. The van der Waals surface area contributed by atoms with Crippen molar-refractivity contribution in [3.63, 3.8) is 0 Å². The largest absolute Gasteiger partial charge is 0.458 e. The number of aryl methyl sites for hydroxylation is 2. The molecule has 0 unspecified atom stereocenters. The van der Waals surface area contributed by atoms with Crippen molar-refractivity contribution in [1.29, 1.82) is 0 Å². The average molecular weight is 801 g/mol. The van der Waals surface area contributed by atoms with Crippen LogP contribution in [0.2, 0.25) is 0 Å². The molecule has 0 aliphatic heterocycles. The monoisotopic (exact) mass is 801 g/mol. The van der Waals surface area contributed by atoms with Crippen molar-refractivity contribution in [3.05, 3.63) is 11.5 Å². The molecule has 0 atom stereocenters. The average Bonchev–Trinajstić information content (AvgIpc) is 3.54. The first kappa shape index (κ1) is 53.2. The highest BCUT2D eigenvalue weighted by atomic mass is 16.6. The Labute approximate surface area is 354 Å². The molecule has 0 saturated carbocycles. The summed E-state index contributed by atoms with van der Waals surface area (Å²) in [5, 5.41) is 0. The summed E-state index contributed by atoms with van der Waals surface area (Å²) >= 11 is 0. The molecule has 1 aromatic rings. The zero-order valence-corrected chi connectivity index (χ0v) is 38.7. The maximum atomic E-state index is 12.9. The van der Waals surface area contributed by atoms with Gasteiger partial charge in [0.1, 0.15) is 0 Å². The number of furan rings is 1. The Balaban J connectivity index is 2.09. The van der Waals surface area contributed by atoms with Crippen LogP contribution in [0.3, 0.4) is 0 Å². The smallest absolute Gasteiger partial charge is 0.311 e. The second-order valence-electron chi connectivity index (χ2n) is 17.5. The number of unbranched alkanes of at least 4 members (excludes halogenated alkanes) is 36. The van der Waals surface area contributed by atoms with Crippen molar-refractivity contribution >= 4 is 11.9 Å². The van der Waals surface area contributed by atoms with Crippen LogP contribution in [-0.4, -0.2) is 11.9 Å². The van der Waals surface area contributed by atoms with Crippen LogP contribution < -0.4 is 9.47 Å². The van der Waals surface area contributed by atoms with Crippen molar-refractivity contribution in [2.45, 2.75) is 297 Å². The molecule has 0 aromatic carbocycles. The van der Waals surface area contributed by atoms with Crippen molar-refractivity contribution in [2.75, 3.05) is 0 Å². The summed E-state index contributed by atoms with van der Waals surface area (Å²) in [5.41, 5.74) is 0. The van der Waals surface area contributed by atoms with Gasteiger partial charge in [0.05, 0.1) is 0 Å². The third-order valence-corrected chi connectivity index (χ3v) is 12.0. The lowest BCUT2D eigenvalue weighted by atomic mass is 10.0. The van der Waals surface area contributed by atoms with E-state index in [0.29, 0.717) is 48.7 Å². The van der Waals surface area contributed by atoms with Gasteiger partial charge in [0, 0.05) is 25.7 Å². The molecular formula is C52H96O5. The third kappa shape index (κ3) is 31.8. The molecule has 0 aliphatic rings. The molecule has 334 valence electrons. The zero-order valence-electron chi connectivity index (χ0n) is 38.7. The van der Waals surface area contributed by atoms with Gasteiger partial charge in [-0.15, -0.1) is 0 Å². The van der Waals surface area contributed by atoms with Crippen LogP contribution in [0, 0.1) is 0 Å². The Bertz CT molecular complexity index is 949. The SMILES string of the molecule is CCCCCCCCCCCCCCCCCCCCCC(=O)Oc1c(CC)oc(CC)c1OC(=O)CCCCCCCCCCCCCCCCCCCCC. The lowest BCUT2D eigenvalue weighted by molar-refractivity contribution is -0.137. The first-order valence-electron chi connectivity index (χ1n) is 25.6. The second kappa shape index (κ2) is 41.0. The van der Waals surface area contributed by atoms with Crippen LogP contribution in [0.25, 0.3) is 0 Å². The minimum absolute atomic E-state index is 0.267. The molecule has 5 nitrogen and oxygen atoms in total. The van der Waals surface area contributed by atoms with E-state index in [4.69, 9.17) is 13.9 Å². The number of rotatable bonds is 44. The summed E-state index contributed by atoms with van der Waals surface area (Å²) in [6.45, 7) is 8.52. The molecule has 1 aromatic heterocycles. The topological polar surface area (TPSA) is 65.7 Å². The van der Waals surface area contributed by atoms with Gasteiger partial charge in [-0.25, -0.2) is 0 Å². The summed E-state index contributed by atoms with van der Waals surface area (Å²) in [5.74, 6) is 1.27. The summed E-state index contributed by atoms with van der Waals surface area (Å²) in [7, 11) is 0. The Morgan fingerprint density at radius 3 is 0.702 bits per heavy atom. The predicted octanol–water partition coefficient (Wildman–Crippen LogP) is 17.9. The lowest BCUT2D eigenvalue weighted by Crippen LogP contribution is -2.12. The van der Waals surface area contributed by atoms with E-state index in [1.54, 1.807) is 0 Å². The van der Waals surface area contributed by atoms with Gasteiger partial charge in [-0.3, -0.25) is 9.59 Å². The summed E-state index contributed by atoms with van der Waals surface area (Å²) in [4.78, 5) is 25.7. The number of hydrogen-bond acceptors (Lipinski definition) is 5. The molecule has 0 saturated heterocycles. The van der Waals surface area contributed by atoms with E-state index in [-0.39, 0.29) is 11.9 Å². The second-order valence-corrected chi connectivity index (χ2v) is 17.5. The van der Waals surface area contributed by atoms with Gasteiger partial charge in [-0.1, -0.05) is 259 Å². The van der Waals surface area contributed by atoms with Gasteiger partial charge >= 0.3 is 11.9 Å². The van der Waals surface area contributed by atoms with Gasteiger partial charge in [0.25, 0.3) is 0 Å². The van der Waals surface area contributed by atoms with Gasteiger partial charge in [-0.05, 0) is 12.8 Å². The van der Waals surface area contributed by atoms with Gasteiger partial charge in [0.15, 0.2) is 11.5 Å². The highest BCUT2D eigenvalue weighted by molar-refractivity contribution is 5.77. The van der Waals surface area contributed by atoms with Gasteiger partial charge < -0.3 is 13.9 Å². The van der Waals surface area contributed by atoms with Crippen molar-refractivity contribution in [1.82, 2.24) is 0 Å². The normalized spacial score (nSPS) is 11.4. The number of esters is 2. The van der Waals surface area contributed by atoms with E-state index in [1.165, 1.54) is 218 Å². The molecule has 1 heterocycles. The fourth-order valence-electron chi connectivity index (χ4n) is 8.19. The Morgan fingerprint density at radius 2 is 0.509 bits per heavy atom. The Morgan fingerprint density at radius 1 is 0.316 bits per heavy atom. The fourth-order valence-corrected chi connectivity index (χ4v) is 8.19. The van der Waals surface area contributed by atoms with Crippen LogP contribution >= 0.6 is 0 Å². The Hall–Kier alpha value is -1.78. The maximum Gasteiger partial charge on any atom is 0.311 e. The molecule has 0 aliphatic carbocycles. The zero-order chi connectivity index (χ0) is 41.3. The highest BCUT2D eigenvalue weighted by Gasteiger charge is 2.26. The Kier molecular flexibility index (Phi) is 38.3. The van der Waals surface area contributed by atoms with E-state index in [1.807, 2.05) is 13.8 Å². The van der Waals surface area contributed by atoms with Crippen LogP contribution in [0.5, 0.6) is 11.5 Å². The molecule has 0 N–H and O–H groups in total. The number of carbonyl (C=O) groups is 2. The van der Waals surface area contributed by atoms with E-state index in [9.17, 15) is 9.59 Å². The molecular weight excluding hydrogens is 705 g/mol. The standard InChI is InChI=1S/C52H96O5/c1-5-9-11-13-15-17-19-21-23-25-27-29-31-33-35-37-39-41-43-45-49(53)56-51-47(7-3)55-48(8-4)52(51)57-50(54)46-44-42-40-38-36-34-32-30-28-26-24-22-20-18-16-14-12-10-6-2/h5-46H2,1-4H3. The summed E-state index contributed by atoms with van der Waals surface area (Å²) in [6.07, 6.45) is 52.4. The van der Waals surface area contributed by atoms with Gasteiger partial charge in [-0.2, -0.15) is 0 Å². The van der Waals surface area contributed by atoms with Crippen LogP contribution in [0.15, 0.2) is 4.42 Å². The van der Waals surface area contributed by atoms with E-state index in [2.05, 4.69) is 13.8 Å². The summed E-state index contributed by atoms with van der Waals surface area (Å²) < 4.78 is 17.6. The molecule has 5 heteroatoms. The first-order valence-corrected chi connectivity index (χ1v) is 25.6. The van der Waals surface area contributed by atoms with E-state index >= 15 is 0 Å². The minimum atomic E-state index is -0.267. The van der Waals surface area contributed by atoms with Crippen LogP contribution in [0.1, 0.15) is 296 Å². The molecule has 1 rings (SSSR count). The molecule has 0 spiro atoms. The molecule has 0 fully saturated rings. The van der Waals surface area contributed by atoms with Crippen LogP contribution in [0.4, 0.5) is 0 Å². The van der Waals surface area contributed by atoms with E-state index < -0.39 is 0 Å². The number of hydrogen-bond donors (Lipinski definition) is 0. The molecule has 0 radical (unpaired) electrons. The molecule has 0 bridgehead atoms. The van der Waals surface area contributed by atoms with Crippen molar-refractivity contribution < 1.29 is 23.5 Å². The third-order valence-electron chi connectivity index (χ3n) is 12.0. The van der Waals surface area contributed by atoms with Gasteiger partial charge in [0.2, 0.25) is 11.5 Å². The minimum Gasteiger partial charge on any atom is -0.458 e. The maximum absolute atomic E-state index is 12.9. The predicted molar refractivity (Wildman–Crippen MR) is 245 cm³/mol. The molecule has 57 heavy (non-hydrogen) atoms. The number of ether oxygens (including phenoxy) is 2. The van der Waals surface area contributed by atoms with E-state index in [0.717, 1.165) is 25.7 Å².